The van der Waals surface area contributed by atoms with Gasteiger partial charge in [0.15, 0.2) is 0 Å². The Balaban J connectivity index is 1.06. The molecule has 3 amide bonds. The fraction of sp³-hybridized carbons (Fsp3) is 0.600. The van der Waals surface area contributed by atoms with Crippen LogP contribution >= 0.6 is 0 Å². The summed E-state index contributed by atoms with van der Waals surface area (Å²) < 4.78 is 19.1. The average molecular weight is 589 g/mol. The first-order valence-corrected chi connectivity index (χ1v) is 16.3. The Morgan fingerprint density at radius 1 is 1.05 bits per heavy atom. The van der Waals surface area contributed by atoms with E-state index in [4.69, 9.17) is 4.74 Å². The second-order valence-corrected chi connectivity index (χ2v) is 14.0. The van der Waals surface area contributed by atoms with E-state index in [2.05, 4.69) is 46.0 Å². The summed E-state index contributed by atoms with van der Waals surface area (Å²) in [6.45, 7) is 8.57. The van der Waals surface area contributed by atoms with Crippen LogP contribution in [0.1, 0.15) is 80.8 Å². The Hall–Kier alpha value is -2.97. The number of rotatable bonds is 9. The molecule has 3 saturated heterocycles. The number of urea groups is 1. The van der Waals surface area contributed by atoms with E-state index in [1.54, 1.807) is 12.1 Å². The summed E-state index contributed by atoms with van der Waals surface area (Å²) in [4.78, 5) is 34.1. The zero-order valence-electron chi connectivity index (χ0n) is 25.5. The van der Waals surface area contributed by atoms with Gasteiger partial charge in [0, 0.05) is 56.0 Å². The predicted molar refractivity (Wildman–Crippen MR) is 163 cm³/mol. The second kappa shape index (κ2) is 11.2. The van der Waals surface area contributed by atoms with Crippen molar-refractivity contribution in [1.82, 2.24) is 20.0 Å². The number of ether oxygens (including phenoxy) is 1. The lowest BCUT2D eigenvalue weighted by atomic mass is 9.78. The van der Waals surface area contributed by atoms with Crippen molar-refractivity contribution in [2.45, 2.75) is 88.0 Å². The molecule has 5 fully saturated rings. The first-order valence-electron chi connectivity index (χ1n) is 16.3. The van der Waals surface area contributed by atoms with Crippen LogP contribution in [0, 0.1) is 17.7 Å². The Labute approximate surface area is 254 Å². The quantitative estimate of drug-likeness (QED) is 0.413. The highest BCUT2D eigenvalue weighted by Gasteiger charge is 2.73. The Bertz CT molecular complexity index is 1330. The number of likely N-dealkylation sites (tertiary alicyclic amines) is 1. The zero-order chi connectivity index (χ0) is 29.8. The van der Waals surface area contributed by atoms with Gasteiger partial charge in [-0.25, -0.2) is 9.18 Å². The van der Waals surface area contributed by atoms with Gasteiger partial charge in [-0.05, 0) is 100 Å². The molecule has 43 heavy (non-hydrogen) atoms. The summed E-state index contributed by atoms with van der Waals surface area (Å²) in [5, 5.41) is 3.24. The maximum absolute atomic E-state index is 13.8. The van der Waals surface area contributed by atoms with Crippen LogP contribution in [0.15, 0.2) is 54.6 Å². The van der Waals surface area contributed by atoms with E-state index in [0.717, 1.165) is 70.5 Å². The van der Waals surface area contributed by atoms with Gasteiger partial charge in [-0.1, -0.05) is 30.3 Å². The fourth-order valence-corrected chi connectivity index (χ4v) is 9.12. The molecule has 2 aromatic rings. The maximum Gasteiger partial charge on any atom is 0.320 e. The van der Waals surface area contributed by atoms with Crippen LogP contribution in [-0.2, 0) is 4.74 Å². The largest absolute Gasteiger partial charge is 0.381 e. The lowest BCUT2D eigenvalue weighted by Gasteiger charge is -2.54. The van der Waals surface area contributed by atoms with E-state index in [1.165, 1.54) is 25.0 Å². The topological polar surface area (TPSA) is 65.1 Å². The number of fused-ring (bicyclic) bond motifs is 2. The van der Waals surface area contributed by atoms with Crippen molar-refractivity contribution in [3.8, 4) is 0 Å². The van der Waals surface area contributed by atoms with Gasteiger partial charge in [-0.15, -0.1) is 0 Å². The summed E-state index contributed by atoms with van der Waals surface area (Å²) in [6, 6.07) is 16.7. The summed E-state index contributed by atoms with van der Waals surface area (Å²) in [5.74, 6) is 0.636. The number of hydrogen-bond donors (Lipinski definition) is 1. The van der Waals surface area contributed by atoms with Gasteiger partial charge in [0.1, 0.15) is 5.82 Å². The number of nitrogens with one attached hydrogen (secondary N) is 1. The van der Waals surface area contributed by atoms with Crippen molar-refractivity contribution in [1.29, 1.82) is 0 Å². The number of carbonyl (C=O) groups is 2. The third kappa shape index (κ3) is 5.14. The van der Waals surface area contributed by atoms with Gasteiger partial charge < -0.3 is 19.9 Å². The number of nitrogens with zero attached hydrogens (tertiary/aromatic N) is 3. The predicted octanol–water partition coefficient (Wildman–Crippen LogP) is 5.63. The molecule has 4 atom stereocenters. The Kier molecular flexibility index (Phi) is 7.49. The first-order chi connectivity index (χ1) is 20.8. The lowest BCUT2D eigenvalue weighted by Crippen LogP contribution is -2.64. The van der Waals surface area contributed by atoms with Crippen LogP contribution in [0.25, 0.3) is 0 Å². The van der Waals surface area contributed by atoms with Crippen molar-refractivity contribution >= 4 is 11.9 Å². The number of amides is 3. The maximum atomic E-state index is 13.8. The van der Waals surface area contributed by atoms with Crippen LogP contribution in [0.5, 0.6) is 0 Å². The normalized spacial score (nSPS) is 28.9. The lowest BCUT2D eigenvalue weighted by molar-refractivity contribution is -0.0593. The molecule has 1 N–H and O–H groups in total. The van der Waals surface area contributed by atoms with Crippen LogP contribution in [0.3, 0.4) is 0 Å². The van der Waals surface area contributed by atoms with Gasteiger partial charge in [-0.3, -0.25) is 9.69 Å². The molecule has 7 rings (SSSR count). The van der Waals surface area contributed by atoms with Gasteiger partial charge in [-0.2, -0.15) is 0 Å². The van der Waals surface area contributed by atoms with Crippen LogP contribution in [-0.4, -0.2) is 82.6 Å². The molecule has 0 radical (unpaired) electrons. The zero-order valence-corrected chi connectivity index (χ0v) is 25.5. The monoisotopic (exact) mass is 588 g/mol. The van der Waals surface area contributed by atoms with E-state index in [0.29, 0.717) is 23.4 Å². The third-order valence-electron chi connectivity index (χ3n) is 11.2. The second-order valence-electron chi connectivity index (χ2n) is 14.0. The van der Waals surface area contributed by atoms with Gasteiger partial charge in [0.2, 0.25) is 0 Å². The minimum Gasteiger partial charge on any atom is -0.381 e. The molecule has 5 aliphatic rings. The highest BCUT2D eigenvalue weighted by Crippen LogP contribution is 2.67. The smallest absolute Gasteiger partial charge is 0.320 e. The van der Waals surface area contributed by atoms with Gasteiger partial charge >= 0.3 is 6.03 Å². The van der Waals surface area contributed by atoms with Gasteiger partial charge in [0.25, 0.3) is 5.91 Å². The van der Waals surface area contributed by atoms with Crippen LogP contribution < -0.4 is 5.32 Å². The minimum atomic E-state index is -0.348. The highest BCUT2D eigenvalue weighted by atomic mass is 19.1. The molecular formula is C35H45FN4O3. The van der Waals surface area contributed by atoms with Crippen LogP contribution in [0.4, 0.5) is 9.18 Å². The fourth-order valence-electron chi connectivity index (χ4n) is 9.12. The molecule has 3 heterocycles. The van der Waals surface area contributed by atoms with E-state index in [9.17, 15) is 14.0 Å². The SMILES string of the molecule is CC(C)N1C(=O)N(CC2CCOCC2)CC12CC1C(C2)C2(CC2)N1CC[C@H](NC(=O)c1ccc(F)cc1)c1ccccc1. The molecule has 3 unspecified atom stereocenters. The van der Waals surface area contributed by atoms with Crippen molar-refractivity contribution in [2.24, 2.45) is 11.8 Å². The van der Waals surface area contributed by atoms with Crippen molar-refractivity contribution in [2.75, 3.05) is 32.8 Å². The molecule has 7 nitrogen and oxygen atoms in total. The molecule has 2 aromatic carbocycles. The first kappa shape index (κ1) is 28.8. The van der Waals surface area contributed by atoms with E-state index in [1.807, 2.05) is 18.2 Å². The minimum absolute atomic E-state index is 0.0915. The highest BCUT2D eigenvalue weighted by molar-refractivity contribution is 5.94. The third-order valence-corrected chi connectivity index (χ3v) is 11.2. The summed E-state index contributed by atoms with van der Waals surface area (Å²) >= 11 is 0. The number of benzene rings is 2. The van der Waals surface area contributed by atoms with Crippen molar-refractivity contribution in [3.63, 3.8) is 0 Å². The molecule has 2 spiro atoms. The summed E-state index contributed by atoms with van der Waals surface area (Å²) in [6.07, 6.45) is 7.48. The number of halogens is 1. The van der Waals surface area contributed by atoms with E-state index >= 15 is 0 Å². The summed E-state index contributed by atoms with van der Waals surface area (Å²) in [7, 11) is 0. The van der Waals surface area contributed by atoms with E-state index in [-0.39, 0.29) is 40.9 Å². The molecule has 230 valence electrons. The standard InChI is InChI=1S/C35H45FN4O3/c1-24(2)40-33(42)38(22-25-13-18-43-19-14-25)23-34(40)20-29-31(21-34)39(35(29)15-16-35)17-12-30(26-6-4-3-5-7-26)37-32(41)27-8-10-28(36)11-9-27/h3-11,24-25,29-31H,12-23H2,1-2H3,(H,37,41)/t29?,30-,31?,34?/m0/s1. The van der Waals surface area contributed by atoms with Crippen LogP contribution in [0.2, 0.25) is 0 Å². The average Bonchev–Trinajstić information content (AvgIpc) is 3.71. The van der Waals surface area contributed by atoms with E-state index < -0.39 is 0 Å². The van der Waals surface area contributed by atoms with Crippen molar-refractivity contribution in [3.05, 3.63) is 71.5 Å². The summed E-state index contributed by atoms with van der Waals surface area (Å²) in [5.41, 5.74) is 1.72. The molecular weight excluding hydrogens is 543 g/mol. The molecule has 2 saturated carbocycles. The number of hydrogen-bond acceptors (Lipinski definition) is 4. The Morgan fingerprint density at radius 3 is 2.44 bits per heavy atom. The van der Waals surface area contributed by atoms with Gasteiger partial charge in [0.05, 0.1) is 11.6 Å². The van der Waals surface area contributed by atoms with Crippen molar-refractivity contribution < 1.29 is 18.7 Å². The molecule has 3 aliphatic heterocycles. The molecule has 2 aliphatic carbocycles. The number of carbonyl (C=O) groups excluding carboxylic acids is 2. The molecule has 0 aromatic heterocycles. The molecule has 8 heteroatoms. The molecule has 0 bridgehead atoms. The Morgan fingerprint density at radius 2 is 1.77 bits per heavy atom.